The third-order valence-electron chi connectivity index (χ3n) is 5.49. The maximum Gasteiger partial charge on any atom is 0.124 e. The van der Waals surface area contributed by atoms with E-state index in [1.165, 1.54) is 81.7 Å². The fourth-order valence-electron chi connectivity index (χ4n) is 4.25. The molecule has 2 fully saturated rings. The van der Waals surface area contributed by atoms with Crippen LogP contribution < -0.4 is 0 Å². The minimum absolute atomic E-state index is 0.540. The number of ether oxygens (including phenoxy) is 1. The molecule has 1 N–H and O–H groups in total. The molecule has 1 atom stereocenters. The summed E-state index contributed by atoms with van der Waals surface area (Å²) >= 11 is 0. The van der Waals surface area contributed by atoms with Gasteiger partial charge in [-0.1, -0.05) is 0 Å². The molecule has 0 amide bonds. The fourth-order valence-corrected chi connectivity index (χ4v) is 4.25. The first-order valence-electron chi connectivity index (χ1n) is 8.79. The first-order chi connectivity index (χ1) is 10.4. The number of aromatic amines is 1. The number of nitrogens with one attached hydrogen (secondary N) is 1. The summed E-state index contributed by atoms with van der Waals surface area (Å²) in [6.07, 6.45) is 10.1. The number of aryl methyl sites for hydroxylation is 2. The van der Waals surface area contributed by atoms with Gasteiger partial charge in [-0.25, -0.2) is 4.98 Å². The lowest BCUT2D eigenvalue weighted by molar-refractivity contribution is 0.0502. The number of H-pyrrole nitrogens is 1. The van der Waals surface area contributed by atoms with E-state index in [2.05, 4.69) is 9.88 Å². The Morgan fingerprint density at radius 3 is 2.81 bits per heavy atom. The molecular weight excluding hydrogens is 262 g/mol. The van der Waals surface area contributed by atoms with Crippen LogP contribution in [-0.4, -0.2) is 41.2 Å². The minimum Gasteiger partial charge on any atom is -0.381 e. The van der Waals surface area contributed by atoms with E-state index >= 15 is 0 Å². The van der Waals surface area contributed by atoms with Crippen molar-refractivity contribution in [1.29, 1.82) is 0 Å². The quantitative estimate of drug-likeness (QED) is 0.930. The van der Waals surface area contributed by atoms with Gasteiger partial charge in [-0.2, -0.15) is 0 Å². The second-order valence-electron chi connectivity index (χ2n) is 6.96. The van der Waals surface area contributed by atoms with Crippen LogP contribution in [0.25, 0.3) is 0 Å². The number of fused-ring (bicyclic) bond motifs is 1. The fraction of sp³-hybridized carbons (Fsp3) is 0.824. The zero-order valence-electron chi connectivity index (χ0n) is 12.9. The molecule has 116 valence electrons. The van der Waals surface area contributed by atoms with Crippen LogP contribution in [-0.2, 0) is 17.6 Å². The first-order valence-corrected chi connectivity index (χ1v) is 8.79. The van der Waals surface area contributed by atoms with Crippen molar-refractivity contribution >= 4 is 0 Å². The second kappa shape index (κ2) is 6.09. The SMILES string of the molecule is C1CCc2[nH]c([C@H]3CCCN3CC3CCOCC3)nc2C1. The van der Waals surface area contributed by atoms with Crippen LogP contribution in [0.15, 0.2) is 0 Å². The van der Waals surface area contributed by atoms with Crippen LogP contribution in [0.2, 0.25) is 0 Å². The lowest BCUT2D eigenvalue weighted by Crippen LogP contribution is -2.32. The number of nitrogens with zero attached hydrogens (tertiary/aromatic N) is 2. The predicted molar refractivity (Wildman–Crippen MR) is 82.3 cm³/mol. The van der Waals surface area contributed by atoms with Crippen molar-refractivity contribution in [1.82, 2.24) is 14.9 Å². The Hall–Kier alpha value is -0.870. The van der Waals surface area contributed by atoms with Crippen molar-refractivity contribution in [3.05, 3.63) is 17.2 Å². The molecule has 0 unspecified atom stereocenters. The van der Waals surface area contributed by atoms with Crippen molar-refractivity contribution in [2.45, 2.75) is 57.4 Å². The van der Waals surface area contributed by atoms with Gasteiger partial charge in [0.15, 0.2) is 0 Å². The predicted octanol–water partition coefficient (Wildman–Crippen LogP) is 2.85. The average Bonchev–Trinajstić information content (AvgIpc) is 3.14. The van der Waals surface area contributed by atoms with E-state index in [1.54, 1.807) is 0 Å². The average molecular weight is 289 g/mol. The molecule has 0 saturated carbocycles. The topological polar surface area (TPSA) is 41.2 Å². The van der Waals surface area contributed by atoms with E-state index < -0.39 is 0 Å². The molecule has 21 heavy (non-hydrogen) atoms. The molecule has 1 aliphatic carbocycles. The van der Waals surface area contributed by atoms with Gasteiger partial charge in [0.25, 0.3) is 0 Å². The summed E-state index contributed by atoms with van der Waals surface area (Å²) in [5.41, 5.74) is 2.78. The molecule has 3 aliphatic rings. The van der Waals surface area contributed by atoms with Gasteiger partial charge in [-0.15, -0.1) is 0 Å². The summed E-state index contributed by atoms with van der Waals surface area (Å²) in [6.45, 7) is 4.39. The largest absolute Gasteiger partial charge is 0.381 e. The number of aromatic nitrogens is 2. The highest BCUT2D eigenvalue weighted by Crippen LogP contribution is 2.33. The maximum absolute atomic E-state index is 5.49. The number of rotatable bonds is 3. The van der Waals surface area contributed by atoms with E-state index in [0.717, 1.165) is 19.1 Å². The molecular formula is C17H27N3O. The van der Waals surface area contributed by atoms with Crippen molar-refractivity contribution in [2.24, 2.45) is 5.92 Å². The molecule has 0 aromatic carbocycles. The molecule has 1 aromatic heterocycles. The van der Waals surface area contributed by atoms with Gasteiger partial charge in [0, 0.05) is 25.5 Å². The summed E-state index contributed by atoms with van der Waals surface area (Å²) in [5.74, 6) is 2.08. The van der Waals surface area contributed by atoms with Gasteiger partial charge in [0.05, 0.1) is 11.7 Å². The molecule has 4 nitrogen and oxygen atoms in total. The van der Waals surface area contributed by atoms with Gasteiger partial charge in [-0.05, 0) is 63.8 Å². The Balaban J connectivity index is 1.46. The van der Waals surface area contributed by atoms with E-state index in [9.17, 15) is 0 Å². The Kier molecular flexibility index (Phi) is 3.99. The van der Waals surface area contributed by atoms with Crippen LogP contribution in [0.4, 0.5) is 0 Å². The van der Waals surface area contributed by atoms with Crippen molar-refractivity contribution in [2.75, 3.05) is 26.3 Å². The standard InChI is InChI=1S/C17H27N3O/c1-2-5-15-14(4-1)18-17(19-15)16-6-3-9-20(16)12-13-7-10-21-11-8-13/h13,16H,1-12H2,(H,18,19)/t16-/m1/s1. The normalized spacial score (nSPS) is 27.9. The smallest absolute Gasteiger partial charge is 0.124 e. The third kappa shape index (κ3) is 2.88. The minimum atomic E-state index is 0.540. The molecule has 4 heteroatoms. The Morgan fingerprint density at radius 1 is 1.10 bits per heavy atom. The molecule has 2 aliphatic heterocycles. The molecule has 1 aromatic rings. The highest BCUT2D eigenvalue weighted by molar-refractivity contribution is 5.19. The van der Waals surface area contributed by atoms with Crippen LogP contribution >= 0.6 is 0 Å². The summed E-state index contributed by atoms with van der Waals surface area (Å²) in [6, 6.07) is 0.540. The van der Waals surface area contributed by atoms with Crippen LogP contribution in [0, 0.1) is 5.92 Å². The Labute approximate surface area is 127 Å². The zero-order valence-corrected chi connectivity index (χ0v) is 12.9. The van der Waals surface area contributed by atoms with Crippen molar-refractivity contribution in [3.63, 3.8) is 0 Å². The van der Waals surface area contributed by atoms with Crippen molar-refractivity contribution < 1.29 is 4.74 Å². The number of hydrogen-bond acceptors (Lipinski definition) is 3. The van der Waals surface area contributed by atoms with E-state index in [4.69, 9.17) is 9.72 Å². The molecule has 0 bridgehead atoms. The number of likely N-dealkylation sites (tertiary alicyclic amines) is 1. The summed E-state index contributed by atoms with van der Waals surface area (Å²) in [7, 11) is 0. The zero-order chi connectivity index (χ0) is 14.1. The van der Waals surface area contributed by atoms with Crippen molar-refractivity contribution in [3.8, 4) is 0 Å². The monoisotopic (exact) mass is 289 g/mol. The van der Waals surface area contributed by atoms with Gasteiger partial charge >= 0.3 is 0 Å². The van der Waals surface area contributed by atoms with E-state index in [0.29, 0.717) is 6.04 Å². The Bertz CT molecular complexity index is 455. The molecule has 4 rings (SSSR count). The molecule has 3 heterocycles. The van der Waals surface area contributed by atoms with E-state index in [1.807, 2.05) is 0 Å². The lowest BCUT2D eigenvalue weighted by atomic mass is 9.99. The summed E-state index contributed by atoms with van der Waals surface area (Å²) in [4.78, 5) is 11.3. The van der Waals surface area contributed by atoms with Crippen LogP contribution in [0.5, 0.6) is 0 Å². The van der Waals surface area contributed by atoms with Gasteiger partial charge in [0.2, 0.25) is 0 Å². The van der Waals surface area contributed by atoms with Gasteiger partial charge in [0.1, 0.15) is 5.82 Å². The lowest BCUT2D eigenvalue weighted by Gasteiger charge is -2.30. The molecule has 0 spiro atoms. The Morgan fingerprint density at radius 2 is 1.95 bits per heavy atom. The van der Waals surface area contributed by atoms with Gasteiger partial charge in [-0.3, -0.25) is 4.90 Å². The molecule has 0 radical (unpaired) electrons. The number of hydrogen-bond donors (Lipinski definition) is 1. The highest BCUT2D eigenvalue weighted by Gasteiger charge is 2.31. The molecule has 2 saturated heterocycles. The summed E-state index contributed by atoms with van der Waals surface area (Å²) < 4.78 is 5.49. The second-order valence-corrected chi connectivity index (χ2v) is 6.96. The van der Waals surface area contributed by atoms with E-state index in [-0.39, 0.29) is 0 Å². The maximum atomic E-state index is 5.49. The summed E-state index contributed by atoms with van der Waals surface area (Å²) in [5, 5.41) is 0. The van der Waals surface area contributed by atoms with Gasteiger partial charge < -0.3 is 9.72 Å². The highest BCUT2D eigenvalue weighted by atomic mass is 16.5. The van der Waals surface area contributed by atoms with Crippen LogP contribution in [0.3, 0.4) is 0 Å². The number of imidazole rings is 1. The first kappa shape index (κ1) is 13.8. The van der Waals surface area contributed by atoms with Crippen LogP contribution in [0.1, 0.15) is 61.8 Å². The third-order valence-corrected chi connectivity index (χ3v) is 5.49.